The lowest BCUT2D eigenvalue weighted by atomic mass is 10.1. The fourth-order valence-electron chi connectivity index (χ4n) is 3.11. The molecule has 0 unspecified atom stereocenters. The van der Waals surface area contributed by atoms with Gasteiger partial charge in [-0.05, 0) is 37.3 Å². The molecular formula is C21H16N4O4. The van der Waals surface area contributed by atoms with Gasteiger partial charge in [-0.25, -0.2) is 0 Å². The van der Waals surface area contributed by atoms with E-state index in [-0.39, 0.29) is 16.6 Å². The van der Waals surface area contributed by atoms with E-state index in [1.54, 1.807) is 37.3 Å². The maximum Gasteiger partial charge on any atom is 0.275 e. The average molecular weight is 388 g/mol. The number of fused-ring (bicyclic) bond motifs is 2. The summed E-state index contributed by atoms with van der Waals surface area (Å²) in [6.07, 6.45) is 1.30. The molecule has 0 radical (unpaired) electrons. The Morgan fingerprint density at radius 1 is 0.862 bits per heavy atom. The maximum absolute atomic E-state index is 12.5. The summed E-state index contributed by atoms with van der Waals surface area (Å²) in [4.78, 5) is 55.2. The fourth-order valence-corrected chi connectivity index (χ4v) is 3.11. The molecule has 4 rings (SSSR count). The minimum Gasteiger partial charge on any atom is -0.360 e. The van der Waals surface area contributed by atoms with Crippen LogP contribution in [0.3, 0.4) is 0 Å². The van der Waals surface area contributed by atoms with E-state index in [4.69, 9.17) is 0 Å². The van der Waals surface area contributed by atoms with E-state index in [0.29, 0.717) is 27.5 Å². The second kappa shape index (κ2) is 7.08. The van der Waals surface area contributed by atoms with Crippen LogP contribution in [0.5, 0.6) is 0 Å². The SMILES string of the molecule is Cc1cc(=O)c2cc(C(=O)NNC(=O)c3c[nH]c4ccccc4c3=O)ccc2[nH]1. The fraction of sp³-hybridized carbons (Fsp3) is 0.0476. The minimum atomic E-state index is -0.750. The van der Waals surface area contributed by atoms with Crippen molar-refractivity contribution in [3.63, 3.8) is 0 Å². The molecule has 4 aromatic rings. The highest BCUT2D eigenvalue weighted by Gasteiger charge is 2.15. The molecule has 2 heterocycles. The number of pyridine rings is 2. The number of aromatic nitrogens is 2. The van der Waals surface area contributed by atoms with Crippen LogP contribution >= 0.6 is 0 Å². The van der Waals surface area contributed by atoms with Crippen LogP contribution in [0.25, 0.3) is 21.8 Å². The predicted molar refractivity (Wildman–Crippen MR) is 109 cm³/mol. The lowest BCUT2D eigenvalue weighted by Gasteiger charge is -2.08. The number of carbonyl (C=O) groups excluding carboxylic acids is 2. The molecule has 29 heavy (non-hydrogen) atoms. The average Bonchev–Trinajstić information content (AvgIpc) is 2.72. The third-order valence-electron chi connectivity index (χ3n) is 4.55. The van der Waals surface area contributed by atoms with Crippen LogP contribution in [-0.2, 0) is 0 Å². The Hall–Kier alpha value is -4.20. The zero-order valence-corrected chi connectivity index (χ0v) is 15.3. The molecule has 0 bridgehead atoms. The largest absolute Gasteiger partial charge is 0.360 e. The summed E-state index contributed by atoms with van der Waals surface area (Å²) in [6.45, 7) is 1.77. The van der Waals surface area contributed by atoms with Crippen molar-refractivity contribution in [3.8, 4) is 0 Å². The second-order valence-electron chi connectivity index (χ2n) is 6.56. The molecule has 0 aliphatic rings. The summed E-state index contributed by atoms with van der Waals surface area (Å²) in [7, 11) is 0. The molecule has 0 aliphatic carbocycles. The van der Waals surface area contributed by atoms with Crippen LogP contribution < -0.4 is 21.7 Å². The van der Waals surface area contributed by atoms with Gasteiger partial charge in [-0.3, -0.25) is 30.0 Å². The number of aromatic amines is 2. The molecule has 0 saturated carbocycles. The van der Waals surface area contributed by atoms with Crippen LogP contribution in [0, 0.1) is 6.92 Å². The van der Waals surface area contributed by atoms with E-state index >= 15 is 0 Å². The second-order valence-corrected chi connectivity index (χ2v) is 6.56. The van der Waals surface area contributed by atoms with E-state index < -0.39 is 17.2 Å². The minimum absolute atomic E-state index is 0.130. The third-order valence-corrected chi connectivity index (χ3v) is 4.55. The highest BCUT2D eigenvalue weighted by molar-refractivity contribution is 6.01. The zero-order valence-electron chi connectivity index (χ0n) is 15.3. The van der Waals surface area contributed by atoms with Gasteiger partial charge in [0.2, 0.25) is 5.43 Å². The molecule has 8 nitrogen and oxygen atoms in total. The smallest absolute Gasteiger partial charge is 0.275 e. The van der Waals surface area contributed by atoms with Gasteiger partial charge in [0.15, 0.2) is 5.43 Å². The Kier molecular flexibility index (Phi) is 4.44. The van der Waals surface area contributed by atoms with Gasteiger partial charge in [0, 0.05) is 45.3 Å². The van der Waals surface area contributed by atoms with E-state index in [0.717, 1.165) is 0 Å². The Morgan fingerprint density at radius 2 is 1.62 bits per heavy atom. The lowest BCUT2D eigenvalue weighted by Crippen LogP contribution is -2.43. The van der Waals surface area contributed by atoms with Crippen LogP contribution in [0.2, 0.25) is 0 Å². The molecule has 2 aromatic carbocycles. The number of carbonyl (C=O) groups is 2. The van der Waals surface area contributed by atoms with Crippen molar-refractivity contribution in [2.45, 2.75) is 6.92 Å². The van der Waals surface area contributed by atoms with Gasteiger partial charge in [-0.2, -0.15) is 0 Å². The van der Waals surface area contributed by atoms with E-state index in [1.807, 2.05) is 0 Å². The highest BCUT2D eigenvalue weighted by atomic mass is 16.2. The Balaban J connectivity index is 1.55. The number of H-pyrrole nitrogens is 2. The molecule has 2 aromatic heterocycles. The zero-order chi connectivity index (χ0) is 20.5. The van der Waals surface area contributed by atoms with Crippen molar-refractivity contribution in [2.75, 3.05) is 0 Å². The first-order valence-corrected chi connectivity index (χ1v) is 8.79. The molecule has 144 valence electrons. The molecule has 2 amide bonds. The number of amides is 2. The molecule has 8 heteroatoms. The molecule has 0 atom stereocenters. The van der Waals surface area contributed by atoms with Gasteiger partial charge >= 0.3 is 0 Å². The molecular weight excluding hydrogens is 372 g/mol. The topological polar surface area (TPSA) is 124 Å². The first-order chi connectivity index (χ1) is 13.9. The number of rotatable bonds is 2. The first-order valence-electron chi connectivity index (χ1n) is 8.79. The van der Waals surface area contributed by atoms with E-state index in [9.17, 15) is 19.2 Å². The standard InChI is InChI=1S/C21H16N4O4/c1-11-8-18(26)14-9-12(6-7-17(14)23-11)20(28)24-25-21(29)15-10-22-16-5-3-2-4-13(16)19(15)27/h2-10H,1H3,(H,22,27)(H,23,26)(H,24,28)(H,25,29). The molecule has 4 N–H and O–H groups in total. The van der Waals surface area contributed by atoms with Crippen LogP contribution in [-0.4, -0.2) is 21.8 Å². The van der Waals surface area contributed by atoms with Crippen molar-refractivity contribution in [2.24, 2.45) is 0 Å². The van der Waals surface area contributed by atoms with Crippen LogP contribution in [0.1, 0.15) is 26.4 Å². The number of nitrogens with one attached hydrogen (secondary N) is 4. The van der Waals surface area contributed by atoms with Gasteiger partial charge in [0.25, 0.3) is 11.8 Å². The normalized spacial score (nSPS) is 10.8. The molecule has 0 aliphatic heterocycles. The van der Waals surface area contributed by atoms with Crippen molar-refractivity contribution in [1.82, 2.24) is 20.8 Å². The number of hydrogen-bond donors (Lipinski definition) is 4. The third kappa shape index (κ3) is 3.39. The summed E-state index contributed by atoms with van der Waals surface area (Å²) in [6, 6.07) is 12.8. The van der Waals surface area contributed by atoms with Crippen LogP contribution in [0.15, 0.2) is 64.3 Å². The summed E-state index contributed by atoms with van der Waals surface area (Å²) in [5.74, 6) is -1.36. The monoisotopic (exact) mass is 388 g/mol. The van der Waals surface area contributed by atoms with Crippen molar-refractivity contribution in [1.29, 1.82) is 0 Å². The van der Waals surface area contributed by atoms with Gasteiger partial charge < -0.3 is 9.97 Å². The summed E-state index contributed by atoms with van der Waals surface area (Å²) in [5.41, 5.74) is 5.83. The number of hydrogen-bond acceptors (Lipinski definition) is 4. The number of aryl methyl sites for hydroxylation is 1. The summed E-state index contributed by atoms with van der Waals surface area (Å²) >= 11 is 0. The molecule has 0 fully saturated rings. The first kappa shape index (κ1) is 18.2. The van der Waals surface area contributed by atoms with E-state index in [1.165, 1.54) is 24.4 Å². The molecule has 0 saturated heterocycles. The highest BCUT2D eigenvalue weighted by Crippen LogP contribution is 2.11. The van der Waals surface area contributed by atoms with Crippen LogP contribution in [0.4, 0.5) is 0 Å². The van der Waals surface area contributed by atoms with Gasteiger partial charge in [0.1, 0.15) is 5.56 Å². The van der Waals surface area contributed by atoms with E-state index in [2.05, 4.69) is 20.8 Å². The van der Waals surface area contributed by atoms with Crippen molar-refractivity contribution >= 4 is 33.6 Å². The van der Waals surface area contributed by atoms with Crippen molar-refractivity contribution in [3.05, 3.63) is 92.0 Å². The Morgan fingerprint density at radius 3 is 2.45 bits per heavy atom. The van der Waals surface area contributed by atoms with Gasteiger partial charge in [-0.1, -0.05) is 12.1 Å². The predicted octanol–water partition coefficient (Wildman–Crippen LogP) is 1.75. The van der Waals surface area contributed by atoms with Gasteiger partial charge in [0.05, 0.1) is 0 Å². The molecule has 0 spiro atoms. The summed E-state index contributed by atoms with van der Waals surface area (Å²) in [5, 5.41) is 0.732. The summed E-state index contributed by atoms with van der Waals surface area (Å²) < 4.78 is 0. The van der Waals surface area contributed by atoms with Crippen molar-refractivity contribution < 1.29 is 9.59 Å². The number of hydrazine groups is 1. The lowest BCUT2D eigenvalue weighted by molar-refractivity contribution is 0.0846. The quantitative estimate of drug-likeness (QED) is 0.391. The Labute approximate surface area is 163 Å². The number of para-hydroxylation sites is 1. The van der Waals surface area contributed by atoms with Gasteiger partial charge in [-0.15, -0.1) is 0 Å². The number of benzene rings is 2. The Bertz CT molecular complexity index is 1400. The maximum atomic E-state index is 12.5.